The molecule has 4 heteroatoms. The second-order valence-corrected chi connectivity index (χ2v) is 3.32. The van der Waals surface area contributed by atoms with Gasteiger partial charge in [0.2, 0.25) is 0 Å². The maximum absolute atomic E-state index is 11.1. The van der Waals surface area contributed by atoms with E-state index in [9.17, 15) is 4.79 Å². The highest BCUT2D eigenvalue weighted by Gasteiger charge is 2.05. The monoisotopic (exact) mass is 218 g/mol. The zero-order valence-electron chi connectivity index (χ0n) is 9.44. The Bertz CT molecular complexity index is 339. The number of carbonyl (C=O) groups excluding carboxylic acids is 1. The Morgan fingerprint density at radius 3 is 2.69 bits per heavy atom. The van der Waals surface area contributed by atoms with Gasteiger partial charge in [0, 0.05) is 12.2 Å². The van der Waals surface area contributed by atoms with Crippen LogP contribution in [0.4, 0.5) is 0 Å². The topological polar surface area (TPSA) is 35.5 Å². The third-order valence-corrected chi connectivity index (χ3v) is 1.99. The van der Waals surface area contributed by atoms with Gasteiger partial charge in [-0.15, -0.1) is 0 Å². The fourth-order valence-electron chi connectivity index (χ4n) is 1.25. The van der Waals surface area contributed by atoms with Crippen LogP contribution in [-0.4, -0.2) is 33.3 Å². The van der Waals surface area contributed by atoms with Gasteiger partial charge in [-0.25, -0.2) is 0 Å². The molecule has 0 aromatic heterocycles. The first-order chi connectivity index (χ1) is 7.75. The molecule has 0 heterocycles. The quantitative estimate of drug-likeness (QED) is 0.517. The SMILES string of the molecule is [B]C(=O)c1ccccc1OCCOCCC. The van der Waals surface area contributed by atoms with Gasteiger partial charge in [-0.3, -0.25) is 0 Å². The Morgan fingerprint density at radius 1 is 1.25 bits per heavy atom. The Balaban J connectivity index is 2.44. The van der Waals surface area contributed by atoms with Gasteiger partial charge in [-0.1, -0.05) is 19.1 Å². The number of benzene rings is 1. The second-order valence-electron chi connectivity index (χ2n) is 3.32. The molecule has 0 bridgehead atoms. The van der Waals surface area contributed by atoms with Crippen molar-refractivity contribution in [3.8, 4) is 5.75 Å². The number of ether oxygens (including phenoxy) is 2. The summed E-state index contributed by atoms with van der Waals surface area (Å²) in [5.41, 5.74) is -0.0805. The van der Waals surface area contributed by atoms with Crippen LogP contribution in [-0.2, 0) is 4.74 Å². The number of hydrogen-bond acceptors (Lipinski definition) is 3. The summed E-state index contributed by atoms with van der Waals surface area (Å²) in [6, 6.07) is 6.92. The van der Waals surface area contributed by atoms with Crippen molar-refractivity contribution in [2.75, 3.05) is 19.8 Å². The molecule has 1 aromatic carbocycles. The highest BCUT2D eigenvalue weighted by molar-refractivity contribution is 6.62. The minimum absolute atomic E-state index is 0.401. The maximum Gasteiger partial charge on any atom is 0.175 e. The molecule has 0 aliphatic rings. The largest absolute Gasteiger partial charge is 0.490 e. The molecular weight excluding hydrogens is 203 g/mol. The lowest BCUT2D eigenvalue weighted by Gasteiger charge is -2.09. The first-order valence-corrected chi connectivity index (χ1v) is 5.35. The van der Waals surface area contributed by atoms with Crippen LogP contribution in [0.15, 0.2) is 24.3 Å². The standard InChI is InChI=1S/C12H15BO3/c1-2-7-15-8-9-16-11-6-4-3-5-10(11)12(13)14/h3-6H,2,7-9H2,1H3. The van der Waals surface area contributed by atoms with Gasteiger partial charge in [-0.2, -0.15) is 0 Å². The molecule has 84 valence electrons. The van der Waals surface area contributed by atoms with Crippen LogP contribution in [0.3, 0.4) is 0 Å². The summed E-state index contributed by atoms with van der Waals surface area (Å²) >= 11 is 0. The van der Waals surface area contributed by atoms with E-state index in [0.717, 1.165) is 13.0 Å². The Labute approximate surface area is 97.2 Å². The fourth-order valence-corrected chi connectivity index (χ4v) is 1.25. The predicted molar refractivity (Wildman–Crippen MR) is 63.1 cm³/mol. The number of hydrogen-bond donors (Lipinski definition) is 0. The molecule has 0 aliphatic heterocycles. The van der Waals surface area contributed by atoms with Crippen molar-refractivity contribution < 1.29 is 14.3 Å². The highest BCUT2D eigenvalue weighted by Crippen LogP contribution is 2.17. The van der Waals surface area contributed by atoms with Gasteiger partial charge in [-0.05, 0) is 18.6 Å². The first-order valence-electron chi connectivity index (χ1n) is 5.35. The molecule has 0 aliphatic carbocycles. The van der Waals surface area contributed by atoms with Crippen molar-refractivity contribution in [2.24, 2.45) is 0 Å². The molecule has 0 N–H and O–H groups in total. The van der Waals surface area contributed by atoms with Crippen LogP contribution in [0.1, 0.15) is 23.7 Å². The van der Waals surface area contributed by atoms with Crippen LogP contribution in [0.5, 0.6) is 5.75 Å². The van der Waals surface area contributed by atoms with E-state index in [-0.39, 0.29) is 0 Å². The van der Waals surface area contributed by atoms with E-state index in [4.69, 9.17) is 17.3 Å². The molecule has 0 saturated heterocycles. The summed E-state index contributed by atoms with van der Waals surface area (Å²) < 4.78 is 10.7. The summed E-state index contributed by atoms with van der Waals surface area (Å²) in [6.45, 7) is 3.70. The second kappa shape index (κ2) is 7.07. The molecule has 2 radical (unpaired) electrons. The summed E-state index contributed by atoms with van der Waals surface area (Å²) in [7, 11) is 5.22. The minimum Gasteiger partial charge on any atom is -0.490 e. The summed E-state index contributed by atoms with van der Waals surface area (Å²) in [4.78, 5) is 11.1. The Kier molecular flexibility index (Phi) is 5.64. The maximum atomic E-state index is 11.1. The number of para-hydroxylation sites is 1. The van der Waals surface area contributed by atoms with Gasteiger partial charge in [0.05, 0.1) is 6.61 Å². The van der Waals surface area contributed by atoms with E-state index in [2.05, 4.69) is 0 Å². The fraction of sp³-hybridized carbons (Fsp3) is 0.417. The number of rotatable bonds is 7. The van der Waals surface area contributed by atoms with Crippen LogP contribution in [0, 0.1) is 0 Å². The van der Waals surface area contributed by atoms with Crippen LogP contribution in [0.25, 0.3) is 0 Å². The molecule has 1 aromatic rings. The van der Waals surface area contributed by atoms with E-state index in [0.29, 0.717) is 24.5 Å². The summed E-state index contributed by atoms with van der Waals surface area (Å²) in [5, 5.41) is 0. The van der Waals surface area contributed by atoms with Gasteiger partial charge in [0.25, 0.3) is 0 Å². The molecule has 0 fully saturated rings. The van der Waals surface area contributed by atoms with Gasteiger partial charge < -0.3 is 14.3 Å². The van der Waals surface area contributed by atoms with Crippen LogP contribution >= 0.6 is 0 Å². The first kappa shape index (κ1) is 12.8. The highest BCUT2D eigenvalue weighted by atomic mass is 16.5. The van der Waals surface area contributed by atoms with Crippen molar-refractivity contribution in [2.45, 2.75) is 13.3 Å². The normalized spacial score (nSPS) is 10.1. The molecule has 0 spiro atoms. The lowest BCUT2D eigenvalue weighted by Crippen LogP contribution is -2.09. The zero-order chi connectivity index (χ0) is 11.8. The van der Waals surface area contributed by atoms with Gasteiger partial charge in [0.15, 0.2) is 7.85 Å². The van der Waals surface area contributed by atoms with Crippen molar-refractivity contribution in [3.63, 3.8) is 0 Å². The summed E-state index contributed by atoms with van der Waals surface area (Å²) in [5.74, 6) is 0.509. The molecule has 3 nitrogen and oxygen atoms in total. The van der Waals surface area contributed by atoms with E-state index in [1.807, 2.05) is 6.92 Å². The van der Waals surface area contributed by atoms with E-state index >= 15 is 0 Å². The zero-order valence-corrected chi connectivity index (χ0v) is 9.44. The lowest BCUT2D eigenvalue weighted by atomic mass is 9.94. The molecule has 0 saturated carbocycles. The Hall–Kier alpha value is -1.29. The molecule has 0 amide bonds. The third-order valence-electron chi connectivity index (χ3n) is 1.99. The van der Waals surface area contributed by atoms with Crippen molar-refractivity contribution >= 4 is 13.5 Å². The minimum atomic E-state index is -0.481. The molecular formula is C12H15BO3. The third kappa shape index (κ3) is 4.07. The number of carbonyl (C=O) groups is 1. The smallest absolute Gasteiger partial charge is 0.175 e. The van der Waals surface area contributed by atoms with Crippen LogP contribution < -0.4 is 4.74 Å². The molecule has 1 rings (SSSR count). The van der Waals surface area contributed by atoms with E-state index in [1.165, 1.54) is 0 Å². The molecule has 0 unspecified atom stereocenters. The van der Waals surface area contributed by atoms with Crippen LogP contribution in [0.2, 0.25) is 0 Å². The van der Waals surface area contributed by atoms with Crippen molar-refractivity contribution in [1.82, 2.24) is 0 Å². The van der Waals surface area contributed by atoms with Crippen molar-refractivity contribution in [1.29, 1.82) is 0 Å². The predicted octanol–water partition coefficient (Wildman–Crippen LogP) is 1.80. The lowest BCUT2D eigenvalue weighted by molar-refractivity contribution is 0.0985. The average Bonchev–Trinajstić information content (AvgIpc) is 2.29. The van der Waals surface area contributed by atoms with Gasteiger partial charge in [0.1, 0.15) is 18.0 Å². The van der Waals surface area contributed by atoms with E-state index < -0.39 is 5.68 Å². The Morgan fingerprint density at radius 2 is 2.00 bits per heavy atom. The average molecular weight is 218 g/mol. The van der Waals surface area contributed by atoms with Crippen molar-refractivity contribution in [3.05, 3.63) is 29.8 Å². The van der Waals surface area contributed by atoms with E-state index in [1.54, 1.807) is 24.3 Å². The summed E-state index contributed by atoms with van der Waals surface area (Å²) in [6.07, 6.45) is 0.984. The van der Waals surface area contributed by atoms with Gasteiger partial charge >= 0.3 is 0 Å². The molecule has 16 heavy (non-hydrogen) atoms. The molecule has 0 atom stereocenters.